The van der Waals surface area contributed by atoms with Gasteiger partial charge in [0.05, 0.1) is 51.8 Å². The van der Waals surface area contributed by atoms with Gasteiger partial charge in [-0.1, -0.05) is 120 Å². The fourth-order valence-corrected chi connectivity index (χ4v) is 14.4. The Morgan fingerprint density at radius 3 is 0.289 bits per heavy atom. The standard InChI is InChI=1S/9C4H9IO3S.FI/c9*1-2-3-4-9(6,7)8-5;1-2/h9*2-4H2,1H3;. The molecule has 0 aliphatic carbocycles. The molecule has 0 N–H and O–H groups in total. The molecular weight excluding hydrogens is 2440 g/mol. The van der Waals surface area contributed by atoms with Crippen LogP contribution < -0.4 is 0 Å². The Hall–Kier alpha value is 6.42. The average Bonchev–Trinajstić information content (AvgIpc) is 3.46. The second-order valence-corrected chi connectivity index (χ2v) is 39.7. The first-order valence-electron chi connectivity index (χ1n) is 24.0. The molecule has 0 rings (SSSR count). The van der Waals surface area contributed by atoms with E-state index >= 15 is 0 Å². The van der Waals surface area contributed by atoms with Crippen LogP contribution in [0.25, 0.3) is 0 Å². The Morgan fingerprint density at radius 2 is 0.253 bits per heavy atom. The van der Waals surface area contributed by atoms with Crippen LogP contribution in [0.3, 0.4) is 0 Å². The molecule has 0 aromatic carbocycles. The molecule has 0 aliphatic rings. The van der Waals surface area contributed by atoms with Gasteiger partial charge in [-0.3, -0.25) is 0 Å². The summed E-state index contributed by atoms with van der Waals surface area (Å²) in [6, 6.07) is 0. The van der Waals surface area contributed by atoms with Crippen molar-refractivity contribution in [1.82, 2.24) is 0 Å². The molecule has 0 fully saturated rings. The van der Waals surface area contributed by atoms with Crippen molar-refractivity contribution < 1.29 is 101 Å². The summed E-state index contributed by atoms with van der Waals surface area (Å²) in [5.74, 6) is 1.18. The van der Waals surface area contributed by atoms with Crippen LogP contribution in [0, 0.1) is 0 Å². The lowest BCUT2D eigenvalue weighted by Crippen LogP contribution is -2.03. The van der Waals surface area contributed by atoms with Gasteiger partial charge >= 0.3 is 0 Å². The minimum Gasteiger partial charge on any atom is -0.199 e. The van der Waals surface area contributed by atoms with E-state index in [0.717, 1.165) is 57.8 Å². The SMILES string of the molecule is CCCCS(=O)(=O)OI.CCCCS(=O)(=O)OI.CCCCS(=O)(=O)OI.CCCCS(=O)(=O)OI.CCCCS(=O)(=O)OI.CCCCS(=O)(=O)OI.CCCCS(=O)(=O)OI.CCCCS(=O)(=O)OI.CCCCS(=O)(=O)OI.FI. The first-order chi connectivity index (χ1) is 38.1. The first kappa shape index (κ1) is 111. The molecule has 0 aliphatic heterocycles. The highest BCUT2D eigenvalue weighted by molar-refractivity contribution is 14.1. The Morgan fingerprint density at radius 1 is 0.193 bits per heavy atom. The molecule has 0 saturated carbocycles. The Balaban J connectivity index is -0.0000000899. The van der Waals surface area contributed by atoms with Crippen molar-refractivity contribution in [3.8, 4) is 0 Å². The second kappa shape index (κ2) is 72.7. The van der Waals surface area contributed by atoms with Crippen molar-refractivity contribution in [2.75, 3.05) is 51.8 Å². The van der Waals surface area contributed by atoms with Crippen molar-refractivity contribution in [3.63, 3.8) is 0 Å². The minimum absolute atomic E-state index is 0.131. The van der Waals surface area contributed by atoms with E-state index in [1.165, 1.54) is 207 Å². The molecule has 0 atom stereocenters. The highest BCUT2D eigenvalue weighted by Gasteiger charge is 2.12. The topological polar surface area (TPSA) is 390 Å². The monoisotopic (exact) mass is 2520 g/mol. The molecule has 0 aromatic heterocycles. The molecule has 0 aromatic rings. The summed E-state index contributed by atoms with van der Waals surface area (Å²) in [5, 5.41) is 0. The van der Waals surface area contributed by atoms with Crippen LogP contribution in [-0.2, 0) is 114 Å². The van der Waals surface area contributed by atoms with Gasteiger partial charge in [0, 0.05) is 0 Å². The van der Waals surface area contributed by atoms with Gasteiger partial charge in [-0.2, -0.15) is 101 Å². The van der Waals surface area contributed by atoms with Crippen LogP contribution in [0.1, 0.15) is 178 Å². The highest BCUT2D eigenvalue weighted by Crippen LogP contribution is 2.08. The maximum absolute atomic E-state index is 10.5. The maximum atomic E-state index is 10.5. The Kier molecular flexibility index (Phi) is 97.1. The van der Waals surface area contributed by atoms with E-state index in [9.17, 15) is 78.6 Å². The molecule has 0 saturated heterocycles. The summed E-state index contributed by atoms with van der Waals surface area (Å²) in [6.45, 7) is 17.4. The molecule has 0 amide bonds. The van der Waals surface area contributed by atoms with E-state index in [2.05, 4.69) is 22.6 Å². The largest absolute Gasteiger partial charge is 0.276 e. The summed E-state index contributed by atoms with van der Waals surface area (Å²) < 4.78 is 237. The quantitative estimate of drug-likeness (QED) is 0.0526. The van der Waals surface area contributed by atoms with Gasteiger partial charge in [0.15, 0.2) is 23.2 Å². The van der Waals surface area contributed by atoms with Crippen LogP contribution in [0.2, 0.25) is 0 Å². The highest BCUT2D eigenvalue weighted by atomic mass is 127. The molecule has 0 unspecified atom stereocenters. The number of halogens is 11. The van der Waals surface area contributed by atoms with Gasteiger partial charge in [-0.05, 0) is 57.8 Å². The molecule has 83 heavy (non-hydrogen) atoms. The molecule has 27 nitrogen and oxygen atoms in total. The lowest BCUT2D eigenvalue weighted by atomic mass is 10.4. The van der Waals surface area contributed by atoms with Crippen molar-refractivity contribution in [3.05, 3.63) is 0 Å². The molecular formula is C36H81FI10O27S9. The third kappa shape index (κ3) is 107. The number of rotatable bonds is 36. The maximum Gasteiger partial charge on any atom is 0.276 e. The van der Waals surface area contributed by atoms with Crippen LogP contribution in [0.4, 0.5) is 2.86 Å². The Bertz CT molecular complexity index is 1910. The number of unbranched alkanes of at least 4 members (excludes halogenated alkanes) is 9. The van der Waals surface area contributed by atoms with Crippen molar-refractivity contribution >= 4 is 321 Å². The van der Waals surface area contributed by atoms with Crippen molar-refractivity contribution in [2.24, 2.45) is 0 Å². The smallest absolute Gasteiger partial charge is 0.199 e. The molecule has 0 spiro atoms. The number of hydrogen-bond acceptors (Lipinski definition) is 27. The molecule has 0 heterocycles. The normalized spacial score (nSPS) is 11.6. The van der Waals surface area contributed by atoms with E-state index in [1.807, 2.05) is 62.3 Å². The third-order valence-corrected chi connectivity index (χ3v) is 31.2. The van der Waals surface area contributed by atoms with Crippen LogP contribution in [-0.4, -0.2) is 128 Å². The summed E-state index contributed by atoms with van der Waals surface area (Å²) >= 11 is 13.1. The number of hydrogen-bond donors (Lipinski definition) is 0. The first-order valence-corrected chi connectivity index (χ1v) is 46.9. The van der Waals surface area contributed by atoms with E-state index in [0.29, 0.717) is 81.0 Å². The fourth-order valence-electron chi connectivity index (χ4n) is 3.17. The van der Waals surface area contributed by atoms with Crippen LogP contribution in [0.15, 0.2) is 0 Å². The third-order valence-electron chi connectivity index (χ3n) is 7.59. The van der Waals surface area contributed by atoms with Gasteiger partial charge in [-0.15, -0.1) is 0 Å². The van der Waals surface area contributed by atoms with E-state index in [4.69, 9.17) is 0 Å². The Labute approximate surface area is 641 Å². The fraction of sp³-hybridized carbons (Fsp3) is 1.00. The zero-order valence-corrected chi connectivity index (χ0v) is 75.9. The summed E-state index contributed by atoms with van der Waals surface area (Å²) in [7, 11) is -28.8. The van der Waals surface area contributed by atoms with Gasteiger partial charge in [0.25, 0.3) is 91.1 Å². The second-order valence-electron chi connectivity index (χ2n) is 15.1. The predicted molar refractivity (Wildman–Crippen MR) is 409 cm³/mol. The van der Waals surface area contributed by atoms with Gasteiger partial charge in [-0.25, -0.2) is 0 Å². The van der Waals surface area contributed by atoms with Crippen molar-refractivity contribution in [1.29, 1.82) is 0 Å². The zero-order valence-electron chi connectivity index (χ0n) is 46.9. The molecule has 0 radical (unpaired) electrons. The summed E-state index contributed by atoms with van der Waals surface area (Å²) in [6.07, 6.45) is 13.9. The predicted octanol–water partition coefficient (Wildman–Crippen LogP) is 14.7. The molecule has 47 heteroatoms. The van der Waals surface area contributed by atoms with Crippen LogP contribution in [0.5, 0.6) is 0 Å². The average molecular weight is 2520 g/mol. The van der Waals surface area contributed by atoms with E-state index in [-0.39, 0.29) is 51.8 Å². The van der Waals surface area contributed by atoms with Crippen LogP contribution >= 0.6 is 230 Å². The lowest BCUT2D eigenvalue weighted by molar-refractivity contribution is 0.531. The van der Waals surface area contributed by atoms with E-state index in [1.54, 1.807) is 0 Å². The van der Waals surface area contributed by atoms with Gasteiger partial charge < -0.3 is 0 Å². The molecule has 0 bridgehead atoms. The summed E-state index contributed by atoms with van der Waals surface area (Å²) in [5.41, 5.74) is 0. The van der Waals surface area contributed by atoms with Gasteiger partial charge in [0.1, 0.15) is 207 Å². The summed E-state index contributed by atoms with van der Waals surface area (Å²) in [4.78, 5) is 0. The van der Waals surface area contributed by atoms with Gasteiger partial charge in [0.2, 0.25) is 0 Å². The zero-order chi connectivity index (χ0) is 68.0. The van der Waals surface area contributed by atoms with E-state index < -0.39 is 91.1 Å². The van der Waals surface area contributed by atoms with Crippen molar-refractivity contribution in [2.45, 2.75) is 178 Å². The molecule has 518 valence electrons. The lowest BCUT2D eigenvalue weighted by Gasteiger charge is -1.94. The minimum atomic E-state index is -3.19.